The largest absolute Gasteiger partial charge is 1.00 e. The summed E-state index contributed by atoms with van der Waals surface area (Å²) in [5.41, 5.74) is -3.19. The second-order valence-corrected chi connectivity index (χ2v) is 4.15. The summed E-state index contributed by atoms with van der Waals surface area (Å²) in [5.74, 6) is -6.29. The van der Waals surface area contributed by atoms with Crippen molar-refractivity contribution < 1.29 is 108 Å². The van der Waals surface area contributed by atoms with Crippen LogP contribution in [0.3, 0.4) is 0 Å². The predicted octanol–water partition coefficient (Wildman–Crippen LogP) is -9.79. The maximum Gasteiger partial charge on any atom is 1.00 e. The minimum atomic E-state index is -5.43. The summed E-state index contributed by atoms with van der Waals surface area (Å²) >= 11 is 0. The number of carboxylic acid groups (broad SMARTS) is 3. The van der Waals surface area contributed by atoms with Crippen molar-refractivity contribution in [1.82, 2.24) is 0 Å². The molecule has 0 aliphatic heterocycles. The van der Waals surface area contributed by atoms with Gasteiger partial charge in [0.15, 0.2) is 0 Å². The molecule has 0 saturated carbocycles. The minimum absolute atomic E-state index is 0. The normalized spacial score (nSPS) is 13.4. The van der Waals surface area contributed by atoms with E-state index < -0.39 is 44.2 Å². The van der Waals surface area contributed by atoms with Gasteiger partial charge in [0.1, 0.15) is 5.60 Å². The molecule has 0 radical (unpaired) electrons. The molecule has 0 aliphatic rings. The molecule has 1 atom stereocenters. The van der Waals surface area contributed by atoms with Gasteiger partial charge in [0.05, 0.1) is 12.4 Å². The van der Waals surface area contributed by atoms with Crippen LogP contribution in [0.1, 0.15) is 12.8 Å². The third-order valence-electron chi connectivity index (χ3n) is 1.53. The van der Waals surface area contributed by atoms with Gasteiger partial charge >= 0.3 is 72.9 Å². The molecular weight excluding hydrogens is 309 g/mol. The van der Waals surface area contributed by atoms with Crippen molar-refractivity contribution >= 4 is 25.7 Å². The molecule has 0 aromatic heterocycles. The molecule has 19 heavy (non-hydrogen) atoms. The van der Waals surface area contributed by atoms with E-state index in [1.807, 2.05) is 0 Å². The fourth-order valence-corrected chi connectivity index (χ4v) is 1.67. The summed E-state index contributed by atoms with van der Waals surface area (Å²) in [6.45, 7) is 0. The molecule has 0 aromatic rings. The average molecular weight is 316 g/mol. The number of carbonyl (C=O) groups excluding carboxylic acids is 2. The standard InChI is InChI=1S/C6H9O10P.2Na/c7-3(8)1-6(5(11)12,2-4(9)10)16-17(13,14)15;;/h1-2H2,(H,7,8)(H,9,10)(H,11,12)(H2,13,14,15);;/q;2*+1/p-2. The predicted molar refractivity (Wildman–Crippen MR) is 42.7 cm³/mol. The summed E-state index contributed by atoms with van der Waals surface area (Å²) in [4.78, 5) is 48.1. The van der Waals surface area contributed by atoms with Gasteiger partial charge in [-0.3, -0.25) is 9.32 Å². The molecule has 0 spiro atoms. The second-order valence-electron chi connectivity index (χ2n) is 2.98. The molecule has 0 heterocycles. The Morgan fingerprint density at radius 3 is 1.74 bits per heavy atom. The zero-order valence-corrected chi connectivity index (χ0v) is 15.0. The zero-order valence-electron chi connectivity index (χ0n) is 10.1. The second kappa shape index (κ2) is 9.46. The number of hydrogen-bond acceptors (Lipinski definition) is 7. The fourth-order valence-electron chi connectivity index (χ4n) is 1.01. The van der Waals surface area contributed by atoms with Gasteiger partial charge in [0.2, 0.25) is 0 Å². The molecule has 0 saturated heterocycles. The van der Waals surface area contributed by atoms with E-state index in [-0.39, 0.29) is 59.1 Å². The first kappa shape index (κ1) is 24.5. The molecule has 0 amide bonds. The summed E-state index contributed by atoms with van der Waals surface area (Å²) < 4.78 is 14.2. The molecule has 0 bridgehead atoms. The first-order valence-corrected chi connectivity index (χ1v) is 5.41. The van der Waals surface area contributed by atoms with Crippen LogP contribution < -0.4 is 69.3 Å². The van der Waals surface area contributed by atoms with E-state index in [1.165, 1.54) is 0 Å². The molecule has 0 aliphatic carbocycles. The van der Waals surface area contributed by atoms with E-state index >= 15 is 0 Å². The van der Waals surface area contributed by atoms with Crippen LogP contribution in [-0.4, -0.2) is 38.4 Å². The van der Waals surface area contributed by atoms with Crippen LogP contribution in [0, 0.1) is 0 Å². The zero-order chi connectivity index (χ0) is 13.9. The number of carboxylic acids is 3. The smallest absolute Gasteiger partial charge is 0.550 e. The Morgan fingerprint density at radius 2 is 1.53 bits per heavy atom. The SMILES string of the molecule is O=C([O-])CC(CC(=O)O)(OP(=O)(O)O)C(=O)[O-].[Na+].[Na+]. The van der Waals surface area contributed by atoms with E-state index in [0.717, 1.165) is 0 Å². The molecular formula is C6H7Na2O10P. The van der Waals surface area contributed by atoms with Crippen LogP contribution in [0.15, 0.2) is 0 Å². The van der Waals surface area contributed by atoms with Crippen LogP contribution in [-0.2, 0) is 23.5 Å². The van der Waals surface area contributed by atoms with E-state index in [0.29, 0.717) is 0 Å². The molecule has 98 valence electrons. The molecule has 10 nitrogen and oxygen atoms in total. The molecule has 3 N–H and O–H groups in total. The third kappa shape index (κ3) is 9.97. The van der Waals surface area contributed by atoms with Crippen molar-refractivity contribution in [2.45, 2.75) is 18.4 Å². The Balaban J connectivity index is -0.00000128. The van der Waals surface area contributed by atoms with Gasteiger partial charge in [-0.15, -0.1) is 0 Å². The number of rotatable bonds is 7. The Labute approximate surface area is 151 Å². The average Bonchev–Trinajstić information content (AvgIpc) is 1.96. The minimum Gasteiger partial charge on any atom is -0.550 e. The van der Waals surface area contributed by atoms with Crippen molar-refractivity contribution in [3.05, 3.63) is 0 Å². The van der Waals surface area contributed by atoms with E-state index in [2.05, 4.69) is 4.52 Å². The quantitative estimate of drug-likeness (QED) is 0.301. The van der Waals surface area contributed by atoms with Gasteiger partial charge in [-0.25, -0.2) is 4.57 Å². The molecule has 0 aromatic carbocycles. The topological polar surface area (TPSA) is 184 Å². The summed E-state index contributed by atoms with van der Waals surface area (Å²) in [6.07, 6.45) is -3.08. The van der Waals surface area contributed by atoms with Crippen molar-refractivity contribution in [2.24, 2.45) is 0 Å². The van der Waals surface area contributed by atoms with Crippen LogP contribution >= 0.6 is 7.82 Å². The van der Waals surface area contributed by atoms with Crippen LogP contribution in [0.2, 0.25) is 0 Å². The van der Waals surface area contributed by atoms with Gasteiger partial charge in [-0.1, -0.05) is 0 Å². The number of phosphoric ester groups is 1. The molecule has 0 rings (SSSR count). The van der Waals surface area contributed by atoms with Gasteiger partial charge in [-0.05, 0) is 0 Å². The number of hydrogen-bond donors (Lipinski definition) is 3. The Bertz CT molecular complexity index is 373. The third-order valence-corrected chi connectivity index (χ3v) is 2.12. The van der Waals surface area contributed by atoms with Crippen molar-refractivity contribution in [2.75, 3.05) is 0 Å². The first-order valence-electron chi connectivity index (χ1n) is 3.88. The summed E-state index contributed by atoms with van der Waals surface area (Å²) in [6, 6.07) is 0. The van der Waals surface area contributed by atoms with Crippen LogP contribution in [0.5, 0.6) is 0 Å². The molecule has 0 fully saturated rings. The van der Waals surface area contributed by atoms with Gasteiger partial charge in [0, 0.05) is 12.4 Å². The van der Waals surface area contributed by atoms with Gasteiger partial charge in [0.25, 0.3) is 0 Å². The Hall–Kier alpha value is 0.520. The van der Waals surface area contributed by atoms with E-state index in [4.69, 9.17) is 14.9 Å². The number of aliphatic carboxylic acids is 3. The van der Waals surface area contributed by atoms with Gasteiger partial charge in [-0.2, -0.15) is 0 Å². The molecule has 13 heteroatoms. The van der Waals surface area contributed by atoms with E-state index in [9.17, 15) is 29.2 Å². The molecule has 1 unspecified atom stereocenters. The Kier molecular flexibility index (Phi) is 12.2. The van der Waals surface area contributed by atoms with Crippen molar-refractivity contribution in [3.8, 4) is 0 Å². The maximum atomic E-state index is 10.6. The Morgan fingerprint density at radius 1 is 1.11 bits per heavy atom. The van der Waals surface area contributed by atoms with Crippen molar-refractivity contribution in [3.63, 3.8) is 0 Å². The number of carbonyl (C=O) groups is 3. The summed E-state index contributed by atoms with van der Waals surface area (Å²) in [5, 5.41) is 29.3. The van der Waals surface area contributed by atoms with Crippen LogP contribution in [0.4, 0.5) is 0 Å². The van der Waals surface area contributed by atoms with Crippen molar-refractivity contribution in [1.29, 1.82) is 0 Å². The maximum absolute atomic E-state index is 10.6. The van der Waals surface area contributed by atoms with Gasteiger partial charge < -0.3 is 34.7 Å². The number of phosphoric acid groups is 1. The van der Waals surface area contributed by atoms with Crippen LogP contribution in [0.25, 0.3) is 0 Å². The summed E-state index contributed by atoms with van der Waals surface area (Å²) in [7, 11) is -5.43. The first-order chi connectivity index (χ1) is 7.48. The van der Waals surface area contributed by atoms with E-state index in [1.54, 1.807) is 0 Å². The fraction of sp³-hybridized carbons (Fsp3) is 0.500. The monoisotopic (exact) mass is 316 g/mol.